The highest BCUT2D eigenvalue weighted by Gasteiger charge is 2.28. The van der Waals surface area contributed by atoms with E-state index in [0.29, 0.717) is 6.04 Å². The Morgan fingerprint density at radius 2 is 2.12 bits per heavy atom. The van der Waals surface area contributed by atoms with E-state index in [1.165, 1.54) is 25.8 Å². The molecule has 1 heterocycles. The molecule has 0 spiro atoms. The molecule has 0 saturated carbocycles. The van der Waals surface area contributed by atoms with Crippen LogP contribution < -0.4 is 5.73 Å². The van der Waals surface area contributed by atoms with Gasteiger partial charge in [-0.15, -0.1) is 0 Å². The van der Waals surface area contributed by atoms with Gasteiger partial charge in [-0.3, -0.25) is 4.90 Å². The maximum Gasteiger partial charge on any atom is 0.0634 e. The van der Waals surface area contributed by atoms with Gasteiger partial charge in [0.1, 0.15) is 0 Å². The van der Waals surface area contributed by atoms with Gasteiger partial charge in [-0.25, -0.2) is 0 Å². The Hall–Kier alpha value is -0.120. The van der Waals surface area contributed by atoms with Gasteiger partial charge < -0.3 is 10.5 Å². The first-order chi connectivity index (χ1) is 8.02. The number of hydrogen-bond donors (Lipinski definition) is 1. The molecule has 0 aliphatic carbocycles. The molecular formula is C14H30N2O. The van der Waals surface area contributed by atoms with Crippen molar-refractivity contribution in [2.75, 3.05) is 26.7 Å². The average Bonchev–Trinajstić information content (AvgIpc) is 2.36. The van der Waals surface area contributed by atoms with Crippen LogP contribution in [0.25, 0.3) is 0 Å². The molecule has 1 saturated heterocycles. The van der Waals surface area contributed by atoms with Crippen molar-refractivity contribution in [3.8, 4) is 0 Å². The number of ether oxygens (including phenoxy) is 1. The smallest absolute Gasteiger partial charge is 0.0634 e. The first kappa shape index (κ1) is 14.9. The predicted molar refractivity (Wildman–Crippen MR) is 73.1 cm³/mol. The van der Waals surface area contributed by atoms with E-state index in [4.69, 9.17) is 10.5 Å². The molecule has 102 valence electrons. The second kappa shape index (κ2) is 6.72. The summed E-state index contributed by atoms with van der Waals surface area (Å²) in [5, 5.41) is 0. The molecule has 1 fully saturated rings. The summed E-state index contributed by atoms with van der Waals surface area (Å²) in [5.41, 5.74) is 5.90. The van der Waals surface area contributed by atoms with Crippen molar-refractivity contribution >= 4 is 0 Å². The van der Waals surface area contributed by atoms with E-state index in [1.54, 1.807) is 7.11 Å². The lowest BCUT2D eigenvalue weighted by Crippen LogP contribution is -2.48. The number of hydrogen-bond acceptors (Lipinski definition) is 3. The second-order valence-corrected chi connectivity index (χ2v) is 5.94. The van der Waals surface area contributed by atoms with Crippen LogP contribution in [-0.4, -0.2) is 43.3 Å². The first-order valence-electron chi connectivity index (χ1n) is 7.01. The highest BCUT2D eigenvalue weighted by molar-refractivity contribution is 4.83. The fourth-order valence-corrected chi connectivity index (χ4v) is 2.61. The molecule has 1 aliphatic heterocycles. The number of rotatable bonds is 6. The van der Waals surface area contributed by atoms with Crippen LogP contribution >= 0.6 is 0 Å². The van der Waals surface area contributed by atoms with Gasteiger partial charge in [-0.1, -0.05) is 13.3 Å². The normalized spacial score (nSPS) is 27.4. The first-order valence-corrected chi connectivity index (χ1v) is 7.01. The van der Waals surface area contributed by atoms with Crippen LogP contribution in [-0.2, 0) is 4.74 Å². The molecule has 0 radical (unpaired) electrons. The van der Waals surface area contributed by atoms with Crippen molar-refractivity contribution < 1.29 is 4.74 Å². The van der Waals surface area contributed by atoms with Crippen molar-refractivity contribution in [3.63, 3.8) is 0 Å². The van der Waals surface area contributed by atoms with Gasteiger partial charge in [0.25, 0.3) is 0 Å². The molecule has 0 bridgehead atoms. The molecule has 1 rings (SSSR count). The number of likely N-dealkylation sites (tertiary alicyclic amines) is 1. The number of nitrogens with zero attached hydrogens (tertiary/aromatic N) is 1. The molecule has 0 aromatic rings. The zero-order valence-corrected chi connectivity index (χ0v) is 12.0. The second-order valence-electron chi connectivity index (χ2n) is 5.94. The van der Waals surface area contributed by atoms with Gasteiger partial charge in [0, 0.05) is 26.2 Å². The summed E-state index contributed by atoms with van der Waals surface area (Å²) in [6.45, 7) is 9.72. The molecule has 2 unspecified atom stereocenters. The molecule has 2 atom stereocenters. The zero-order valence-electron chi connectivity index (χ0n) is 12.0. The van der Waals surface area contributed by atoms with Crippen molar-refractivity contribution in [1.82, 2.24) is 4.90 Å². The standard InChI is InChI=1S/C14H30N2O/c1-5-12-6-8-16(13(10-12)11-15)9-7-14(2,3)17-4/h12-13H,5-11,15H2,1-4H3. The Balaban J connectivity index is 2.42. The minimum atomic E-state index is -0.0131. The summed E-state index contributed by atoms with van der Waals surface area (Å²) >= 11 is 0. The summed E-state index contributed by atoms with van der Waals surface area (Å²) < 4.78 is 5.48. The summed E-state index contributed by atoms with van der Waals surface area (Å²) in [4.78, 5) is 2.56. The van der Waals surface area contributed by atoms with E-state index in [-0.39, 0.29) is 5.60 Å². The van der Waals surface area contributed by atoms with Crippen molar-refractivity contribution in [2.45, 2.75) is 58.1 Å². The largest absolute Gasteiger partial charge is 0.379 e. The Bertz CT molecular complexity index is 218. The molecule has 1 aliphatic rings. The van der Waals surface area contributed by atoms with E-state index < -0.39 is 0 Å². The predicted octanol–water partition coefficient (Wildman–Crippen LogP) is 2.25. The van der Waals surface area contributed by atoms with Gasteiger partial charge in [-0.2, -0.15) is 0 Å². The Morgan fingerprint density at radius 3 is 2.65 bits per heavy atom. The zero-order chi connectivity index (χ0) is 12.9. The summed E-state index contributed by atoms with van der Waals surface area (Å²) in [7, 11) is 1.80. The van der Waals surface area contributed by atoms with E-state index in [1.807, 2.05) is 0 Å². The lowest BCUT2D eigenvalue weighted by atomic mass is 9.88. The number of nitrogens with two attached hydrogens (primary N) is 1. The third kappa shape index (κ3) is 4.57. The summed E-state index contributed by atoms with van der Waals surface area (Å²) in [5.74, 6) is 0.884. The third-order valence-corrected chi connectivity index (χ3v) is 4.35. The lowest BCUT2D eigenvalue weighted by molar-refractivity contribution is -0.00125. The van der Waals surface area contributed by atoms with E-state index in [0.717, 1.165) is 25.4 Å². The van der Waals surface area contributed by atoms with Gasteiger partial charge in [-0.05, 0) is 45.6 Å². The van der Waals surface area contributed by atoms with Gasteiger partial charge in [0.2, 0.25) is 0 Å². The van der Waals surface area contributed by atoms with Gasteiger partial charge in [0.05, 0.1) is 5.60 Å². The van der Waals surface area contributed by atoms with Crippen LogP contribution in [0, 0.1) is 5.92 Å². The van der Waals surface area contributed by atoms with Crippen LogP contribution in [0.1, 0.15) is 46.5 Å². The van der Waals surface area contributed by atoms with Crippen LogP contribution in [0.2, 0.25) is 0 Å². The topological polar surface area (TPSA) is 38.5 Å². The Labute approximate surface area is 107 Å². The van der Waals surface area contributed by atoms with Gasteiger partial charge in [0.15, 0.2) is 0 Å². The molecule has 3 heteroatoms. The van der Waals surface area contributed by atoms with Crippen molar-refractivity contribution in [2.24, 2.45) is 11.7 Å². The highest BCUT2D eigenvalue weighted by atomic mass is 16.5. The summed E-state index contributed by atoms with van der Waals surface area (Å²) in [6.07, 6.45) is 4.99. The summed E-state index contributed by atoms with van der Waals surface area (Å²) in [6, 6.07) is 0.585. The maximum atomic E-state index is 5.91. The third-order valence-electron chi connectivity index (χ3n) is 4.35. The number of piperidine rings is 1. The average molecular weight is 242 g/mol. The van der Waals surface area contributed by atoms with Crippen LogP contribution in [0.15, 0.2) is 0 Å². The quantitative estimate of drug-likeness (QED) is 0.776. The van der Waals surface area contributed by atoms with E-state index in [9.17, 15) is 0 Å². The fourth-order valence-electron chi connectivity index (χ4n) is 2.61. The Morgan fingerprint density at radius 1 is 1.41 bits per heavy atom. The van der Waals surface area contributed by atoms with Crippen LogP contribution in [0.3, 0.4) is 0 Å². The maximum absolute atomic E-state index is 5.91. The van der Waals surface area contributed by atoms with E-state index in [2.05, 4.69) is 25.7 Å². The van der Waals surface area contributed by atoms with Gasteiger partial charge >= 0.3 is 0 Å². The van der Waals surface area contributed by atoms with Crippen LogP contribution in [0.5, 0.6) is 0 Å². The fraction of sp³-hybridized carbons (Fsp3) is 1.00. The van der Waals surface area contributed by atoms with Crippen molar-refractivity contribution in [1.29, 1.82) is 0 Å². The molecule has 2 N–H and O–H groups in total. The molecule has 17 heavy (non-hydrogen) atoms. The Kier molecular flexibility index (Phi) is 5.90. The van der Waals surface area contributed by atoms with Crippen molar-refractivity contribution in [3.05, 3.63) is 0 Å². The molecule has 3 nitrogen and oxygen atoms in total. The van der Waals surface area contributed by atoms with E-state index >= 15 is 0 Å². The molecule has 0 amide bonds. The number of methoxy groups -OCH3 is 1. The van der Waals surface area contributed by atoms with Crippen LogP contribution in [0.4, 0.5) is 0 Å². The molecule has 0 aromatic heterocycles. The monoisotopic (exact) mass is 242 g/mol. The highest BCUT2D eigenvalue weighted by Crippen LogP contribution is 2.26. The molecule has 0 aromatic carbocycles. The minimum Gasteiger partial charge on any atom is -0.379 e. The minimum absolute atomic E-state index is 0.0131. The SMILES string of the molecule is CCC1CCN(CCC(C)(C)OC)C(CN)C1. The molecular weight excluding hydrogens is 212 g/mol. The lowest BCUT2D eigenvalue weighted by Gasteiger charge is -2.40.